The number of nitrogens with zero attached hydrogens (tertiary/aromatic N) is 1. The van der Waals surface area contributed by atoms with Crippen LogP contribution in [0.2, 0.25) is 0 Å². The molecule has 0 saturated carbocycles. The van der Waals surface area contributed by atoms with Gasteiger partial charge in [0.25, 0.3) is 5.91 Å². The second kappa shape index (κ2) is 6.89. The number of amides is 2. The maximum absolute atomic E-state index is 12.3. The van der Waals surface area contributed by atoms with Crippen molar-refractivity contribution >= 4 is 11.8 Å². The molecule has 1 aromatic carbocycles. The van der Waals surface area contributed by atoms with E-state index in [1.54, 1.807) is 36.3 Å². The first-order valence-electron chi connectivity index (χ1n) is 7.99. The Hall–Kier alpha value is -2.24. The molecule has 1 N–H and O–H groups in total. The van der Waals surface area contributed by atoms with Gasteiger partial charge in [0.2, 0.25) is 5.91 Å². The number of benzene rings is 1. The lowest BCUT2D eigenvalue weighted by Gasteiger charge is -2.17. The van der Waals surface area contributed by atoms with Gasteiger partial charge in [-0.05, 0) is 43.0 Å². The third-order valence-electron chi connectivity index (χ3n) is 4.54. The fourth-order valence-electron chi connectivity index (χ4n) is 3.24. The molecule has 6 heteroatoms. The monoisotopic (exact) mass is 318 g/mol. The number of hydrogen-bond donors (Lipinski definition) is 1. The molecule has 2 atom stereocenters. The zero-order valence-electron chi connectivity index (χ0n) is 13.3. The highest BCUT2D eigenvalue weighted by atomic mass is 16.5. The lowest BCUT2D eigenvalue weighted by atomic mass is 9.99. The van der Waals surface area contributed by atoms with Crippen molar-refractivity contribution < 1.29 is 19.1 Å². The Morgan fingerprint density at radius 3 is 2.74 bits per heavy atom. The fourth-order valence-corrected chi connectivity index (χ4v) is 3.24. The number of carbonyl (C=O) groups is 2. The number of fused-ring (bicyclic) bond motifs is 1. The molecule has 2 amide bonds. The molecular formula is C17H22N2O4. The molecule has 0 aromatic heterocycles. The predicted octanol–water partition coefficient (Wildman–Crippen LogP) is 1.20. The Morgan fingerprint density at radius 1 is 1.26 bits per heavy atom. The summed E-state index contributed by atoms with van der Waals surface area (Å²) >= 11 is 0. The zero-order chi connectivity index (χ0) is 16.2. The van der Waals surface area contributed by atoms with E-state index in [-0.39, 0.29) is 24.5 Å². The van der Waals surface area contributed by atoms with Crippen LogP contribution >= 0.6 is 0 Å². The van der Waals surface area contributed by atoms with E-state index in [0.717, 1.165) is 18.6 Å². The molecular weight excluding hydrogens is 296 g/mol. The van der Waals surface area contributed by atoms with Gasteiger partial charge in [0.15, 0.2) is 6.61 Å². The predicted molar refractivity (Wildman–Crippen MR) is 84.3 cm³/mol. The molecule has 3 rings (SSSR count). The average molecular weight is 318 g/mol. The fraction of sp³-hybridized carbons (Fsp3) is 0.529. The molecule has 2 saturated heterocycles. The molecule has 2 aliphatic rings. The van der Waals surface area contributed by atoms with Crippen LogP contribution < -0.4 is 14.8 Å². The van der Waals surface area contributed by atoms with Crippen molar-refractivity contribution in [1.82, 2.24) is 10.2 Å². The molecule has 0 aliphatic carbocycles. The SMILES string of the molecule is COc1ccc(OCC(=O)N2C[C@H]3CCCC(=O)N[C@H]3C2)cc1. The van der Waals surface area contributed by atoms with Gasteiger partial charge in [-0.1, -0.05) is 0 Å². The summed E-state index contributed by atoms with van der Waals surface area (Å²) in [5.41, 5.74) is 0. The van der Waals surface area contributed by atoms with E-state index in [9.17, 15) is 9.59 Å². The van der Waals surface area contributed by atoms with Crippen LogP contribution in [-0.2, 0) is 9.59 Å². The van der Waals surface area contributed by atoms with E-state index in [1.807, 2.05) is 0 Å². The highest BCUT2D eigenvalue weighted by Gasteiger charge is 2.37. The smallest absolute Gasteiger partial charge is 0.260 e. The largest absolute Gasteiger partial charge is 0.497 e. The number of likely N-dealkylation sites (tertiary alicyclic amines) is 1. The Morgan fingerprint density at radius 2 is 2.00 bits per heavy atom. The Balaban J connectivity index is 1.51. The molecule has 0 unspecified atom stereocenters. The summed E-state index contributed by atoms with van der Waals surface area (Å²) in [5.74, 6) is 1.82. The number of ether oxygens (including phenoxy) is 2. The van der Waals surface area contributed by atoms with Crippen molar-refractivity contribution in [3.05, 3.63) is 24.3 Å². The number of methoxy groups -OCH3 is 1. The van der Waals surface area contributed by atoms with Gasteiger partial charge in [0.05, 0.1) is 13.2 Å². The summed E-state index contributed by atoms with van der Waals surface area (Å²) in [7, 11) is 1.60. The molecule has 124 valence electrons. The summed E-state index contributed by atoms with van der Waals surface area (Å²) < 4.78 is 10.6. The average Bonchev–Trinajstić information content (AvgIpc) is 2.87. The van der Waals surface area contributed by atoms with Crippen LogP contribution in [0.25, 0.3) is 0 Å². The summed E-state index contributed by atoms with van der Waals surface area (Å²) in [6, 6.07) is 7.24. The lowest BCUT2D eigenvalue weighted by Crippen LogP contribution is -2.40. The third-order valence-corrected chi connectivity index (χ3v) is 4.54. The van der Waals surface area contributed by atoms with E-state index in [0.29, 0.717) is 31.2 Å². The Kier molecular flexibility index (Phi) is 4.69. The van der Waals surface area contributed by atoms with E-state index in [4.69, 9.17) is 9.47 Å². The normalized spacial score (nSPS) is 23.7. The highest BCUT2D eigenvalue weighted by Crippen LogP contribution is 2.25. The molecule has 6 nitrogen and oxygen atoms in total. The van der Waals surface area contributed by atoms with Crippen LogP contribution in [0.4, 0.5) is 0 Å². The highest BCUT2D eigenvalue weighted by molar-refractivity contribution is 5.79. The van der Waals surface area contributed by atoms with Crippen molar-refractivity contribution in [2.45, 2.75) is 25.3 Å². The van der Waals surface area contributed by atoms with Gasteiger partial charge in [0, 0.05) is 19.5 Å². The maximum Gasteiger partial charge on any atom is 0.260 e. The standard InChI is InChI=1S/C17H22N2O4/c1-22-13-5-7-14(8-6-13)23-11-17(21)19-9-12-3-2-4-16(20)18-15(12)10-19/h5-8,12,15H,2-4,9-11H2,1H3,(H,18,20)/t12-,15+/m1/s1. The van der Waals surface area contributed by atoms with E-state index >= 15 is 0 Å². The quantitative estimate of drug-likeness (QED) is 0.906. The van der Waals surface area contributed by atoms with Crippen molar-refractivity contribution in [3.63, 3.8) is 0 Å². The molecule has 0 radical (unpaired) electrons. The van der Waals surface area contributed by atoms with E-state index in [1.165, 1.54) is 0 Å². The zero-order valence-corrected chi connectivity index (χ0v) is 13.3. The molecule has 0 bridgehead atoms. The van der Waals surface area contributed by atoms with E-state index in [2.05, 4.69) is 5.32 Å². The minimum atomic E-state index is -0.0388. The van der Waals surface area contributed by atoms with Crippen molar-refractivity contribution in [2.24, 2.45) is 5.92 Å². The van der Waals surface area contributed by atoms with Gasteiger partial charge in [-0.2, -0.15) is 0 Å². The maximum atomic E-state index is 12.3. The molecule has 1 aromatic rings. The summed E-state index contributed by atoms with van der Waals surface area (Å²) in [5, 5.41) is 3.02. The van der Waals surface area contributed by atoms with Gasteiger partial charge < -0.3 is 19.7 Å². The van der Waals surface area contributed by atoms with Crippen LogP contribution in [0.3, 0.4) is 0 Å². The van der Waals surface area contributed by atoms with Crippen LogP contribution in [0, 0.1) is 5.92 Å². The van der Waals surface area contributed by atoms with Crippen LogP contribution in [-0.4, -0.2) is 49.6 Å². The first-order valence-corrected chi connectivity index (χ1v) is 7.99. The van der Waals surface area contributed by atoms with Gasteiger partial charge in [-0.15, -0.1) is 0 Å². The van der Waals surface area contributed by atoms with Gasteiger partial charge in [0.1, 0.15) is 11.5 Å². The first kappa shape index (κ1) is 15.6. The number of rotatable bonds is 4. The summed E-state index contributed by atoms with van der Waals surface area (Å²) in [6.07, 6.45) is 2.49. The molecule has 2 fully saturated rings. The summed E-state index contributed by atoms with van der Waals surface area (Å²) in [4.78, 5) is 25.7. The van der Waals surface area contributed by atoms with Gasteiger partial charge in [-0.25, -0.2) is 0 Å². The number of carbonyl (C=O) groups excluding carboxylic acids is 2. The van der Waals surface area contributed by atoms with Crippen LogP contribution in [0.1, 0.15) is 19.3 Å². The molecule has 2 heterocycles. The first-order chi connectivity index (χ1) is 11.2. The molecule has 2 aliphatic heterocycles. The minimum absolute atomic E-state index is 0.0136. The minimum Gasteiger partial charge on any atom is -0.497 e. The second-order valence-corrected chi connectivity index (χ2v) is 6.09. The van der Waals surface area contributed by atoms with Crippen molar-refractivity contribution in [1.29, 1.82) is 0 Å². The van der Waals surface area contributed by atoms with Gasteiger partial charge in [-0.3, -0.25) is 9.59 Å². The second-order valence-electron chi connectivity index (χ2n) is 6.09. The summed E-state index contributed by atoms with van der Waals surface area (Å²) in [6.45, 7) is 1.30. The van der Waals surface area contributed by atoms with Crippen LogP contribution in [0.15, 0.2) is 24.3 Å². The van der Waals surface area contributed by atoms with E-state index < -0.39 is 0 Å². The van der Waals surface area contributed by atoms with Gasteiger partial charge >= 0.3 is 0 Å². The Labute approximate surface area is 135 Å². The Bertz CT molecular complexity index is 572. The molecule has 0 spiro atoms. The third kappa shape index (κ3) is 3.75. The van der Waals surface area contributed by atoms with Crippen LogP contribution in [0.5, 0.6) is 11.5 Å². The lowest BCUT2D eigenvalue weighted by molar-refractivity contribution is -0.132. The van der Waals surface area contributed by atoms with Crippen molar-refractivity contribution in [3.8, 4) is 11.5 Å². The number of hydrogen-bond acceptors (Lipinski definition) is 4. The topological polar surface area (TPSA) is 67.9 Å². The van der Waals surface area contributed by atoms with Crippen molar-refractivity contribution in [2.75, 3.05) is 26.8 Å². The number of nitrogens with one attached hydrogen (secondary N) is 1. The molecule has 23 heavy (non-hydrogen) atoms.